The quantitative estimate of drug-likeness (QED) is 0.412. The van der Waals surface area contributed by atoms with Crippen molar-refractivity contribution in [3.63, 3.8) is 0 Å². The largest absolute Gasteiger partial charge is 0.490 e. The van der Waals surface area contributed by atoms with Gasteiger partial charge >= 0.3 is 5.69 Å². The fourth-order valence-electron chi connectivity index (χ4n) is 2.36. The minimum atomic E-state index is -0.494. The van der Waals surface area contributed by atoms with Gasteiger partial charge in [-0.15, -0.1) is 11.3 Å². The Labute approximate surface area is 146 Å². The molecule has 0 atom stereocenters. The van der Waals surface area contributed by atoms with Crippen LogP contribution in [0.4, 0.5) is 17.2 Å². The lowest BCUT2D eigenvalue weighted by atomic mass is 10.2. The molecule has 0 aliphatic rings. The van der Waals surface area contributed by atoms with E-state index in [1.807, 2.05) is 13.8 Å². The van der Waals surface area contributed by atoms with Crippen molar-refractivity contribution in [1.82, 2.24) is 9.97 Å². The van der Waals surface area contributed by atoms with Gasteiger partial charge in [-0.1, -0.05) is 0 Å². The topological polar surface area (TPSA) is 90.2 Å². The molecule has 0 fully saturated rings. The van der Waals surface area contributed by atoms with Gasteiger partial charge in [0, 0.05) is 16.6 Å². The average molecular weight is 365 g/mol. The number of hydrogen-bond donors (Lipinski definition) is 1. The summed E-state index contributed by atoms with van der Waals surface area (Å²) in [6.07, 6.45) is 0. The van der Waals surface area contributed by atoms with E-state index in [-0.39, 0.29) is 16.7 Å². The Balaban J connectivity index is 2.10. The summed E-state index contributed by atoms with van der Waals surface area (Å²) in [4.78, 5) is 21.0. The maximum atomic E-state index is 11.2. The van der Waals surface area contributed by atoms with Crippen LogP contribution in [0.1, 0.15) is 10.4 Å². The van der Waals surface area contributed by atoms with Gasteiger partial charge in [0.1, 0.15) is 10.6 Å². The number of aromatic nitrogens is 2. The van der Waals surface area contributed by atoms with Gasteiger partial charge in [-0.25, -0.2) is 4.98 Å². The fraction of sp³-hybridized carbons (Fsp3) is 0.200. The van der Waals surface area contributed by atoms with E-state index in [1.165, 1.54) is 30.6 Å². The van der Waals surface area contributed by atoms with E-state index in [4.69, 9.17) is 16.3 Å². The Morgan fingerprint density at radius 1 is 1.33 bits per heavy atom. The summed E-state index contributed by atoms with van der Waals surface area (Å²) >= 11 is 7.53. The normalized spacial score (nSPS) is 10.8. The molecule has 124 valence electrons. The molecule has 2 aromatic heterocycles. The van der Waals surface area contributed by atoms with Crippen molar-refractivity contribution in [2.24, 2.45) is 0 Å². The first-order valence-electron chi connectivity index (χ1n) is 6.93. The molecule has 1 N–H and O–H groups in total. The van der Waals surface area contributed by atoms with Crippen LogP contribution in [0.5, 0.6) is 5.75 Å². The summed E-state index contributed by atoms with van der Waals surface area (Å²) in [6.45, 7) is 3.98. The molecule has 0 saturated heterocycles. The third-order valence-electron chi connectivity index (χ3n) is 3.64. The van der Waals surface area contributed by atoms with Crippen molar-refractivity contribution in [3.05, 3.63) is 44.0 Å². The van der Waals surface area contributed by atoms with Crippen LogP contribution in [0, 0.1) is 24.0 Å². The molecule has 2 heterocycles. The zero-order chi connectivity index (χ0) is 17.4. The minimum Gasteiger partial charge on any atom is -0.490 e. The molecule has 0 amide bonds. The van der Waals surface area contributed by atoms with Crippen molar-refractivity contribution in [2.75, 3.05) is 12.4 Å². The van der Waals surface area contributed by atoms with Crippen LogP contribution < -0.4 is 10.1 Å². The first-order valence-corrected chi connectivity index (χ1v) is 8.13. The molecule has 0 bridgehead atoms. The SMILES string of the molecule is COc1ccc(Nc2nc(Cl)nc3sc(C)c(C)c23)cc1[N+](=O)[O-]. The average Bonchev–Trinajstić information content (AvgIpc) is 2.81. The standard InChI is InChI=1S/C15H13ClN4O3S/c1-7-8(2)24-14-12(7)13(18-15(16)19-14)17-9-4-5-11(23-3)10(6-9)20(21)22/h4-6H,1-3H3,(H,17,18,19). The smallest absolute Gasteiger partial charge is 0.312 e. The number of fused-ring (bicyclic) bond motifs is 1. The molecule has 0 aliphatic heterocycles. The highest BCUT2D eigenvalue weighted by Crippen LogP contribution is 2.36. The Morgan fingerprint density at radius 3 is 2.75 bits per heavy atom. The van der Waals surface area contributed by atoms with Crippen LogP contribution >= 0.6 is 22.9 Å². The molecule has 0 saturated carbocycles. The van der Waals surface area contributed by atoms with Crippen LogP contribution in [0.25, 0.3) is 10.2 Å². The zero-order valence-electron chi connectivity index (χ0n) is 13.1. The molecule has 7 nitrogen and oxygen atoms in total. The summed E-state index contributed by atoms with van der Waals surface area (Å²) in [5.41, 5.74) is 1.44. The molecule has 0 spiro atoms. The van der Waals surface area contributed by atoms with Crippen molar-refractivity contribution in [2.45, 2.75) is 13.8 Å². The van der Waals surface area contributed by atoms with E-state index >= 15 is 0 Å². The van der Waals surface area contributed by atoms with Gasteiger partial charge in [-0.2, -0.15) is 4.98 Å². The van der Waals surface area contributed by atoms with Gasteiger partial charge in [0.05, 0.1) is 17.4 Å². The van der Waals surface area contributed by atoms with Gasteiger partial charge in [0.15, 0.2) is 5.75 Å². The van der Waals surface area contributed by atoms with Crippen molar-refractivity contribution >= 4 is 50.3 Å². The summed E-state index contributed by atoms with van der Waals surface area (Å²) in [6, 6.07) is 4.61. The molecule has 1 aromatic carbocycles. The van der Waals surface area contributed by atoms with Crippen LogP contribution in [-0.4, -0.2) is 22.0 Å². The number of nitrogens with one attached hydrogen (secondary N) is 1. The number of ether oxygens (including phenoxy) is 1. The summed E-state index contributed by atoms with van der Waals surface area (Å²) in [5.74, 6) is 0.713. The molecule has 0 unspecified atom stereocenters. The summed E-state index contributed by atoms with van der Waals surface area (Å²) < 4.78 is 5.01. The number of aryl methyl sites for hydroxylation is 2. The van der Waals surface area contributed by atoms with Gasteiger partial charge in [-0.3, -0.25) is 10.1 Å². The summed E-state index contributed by atoms with van der Waals surface area (Å²) in [5, 5.41) is 15.2. The first-order chi connectivity index (χ1) is 11.4. The fourth-order valence-corrected chi connectivity index (χ4v) is 3.61. The number of nitro benzene ring substituents is 1. The molecule has 24 heavy (non-hydrogen) atoms. The molecule has 0 aliphatic carbocycles. The van der Waals surface area contributed by atoms with E-state index in [9.17, 15) is 10.1 Å². The van der Waals surface area contributed by atoms with E-state index in [0.29, 0.717) is 11.5 Å². The van der Waals surface area contributed by atoms with Gasteiger partial charge < -0.3 is 10.1 Å². The summed E-state index contributed by atoms with van der Waals surface area (Å²) in [7, 11) is 1.39. The van der Waals surface area contributed by atoms with Crippen LogP contribution in [0.2, 0.25) is 5.28 Å². The van der Waals surface area contributed by atoms with Gasteiger partial charge in [-0.05, 0) is 43.1 Å². The Hall–Kier alpha value is -2.45. The predicted molar refractivity (Wildman–Crippen MR) is 94.8 cm³/mol. The molecular formula is C15H13ClN4O3S. The number of halogens is 1. The van der Waals surface area contributed by atoms with Crippen LogP contribution in [0.3, 0.4) is 0 Å². The van der Waals surface area contributed by atoms with E-state index in [2.05, 4.69) is 15.3 Å². The number of hydrogen-bond acceptors (Lipinski definition) is 7. The highest BCUT2D eigenvalue weighted by molar-refractivity contribution is 7.18. The number of thiophene rings is 1. The van der Waals surface area contributed by atoms with Gasteiger partial charge in [0.2, 0.25) is 5.28 Å². The predicted octanol–water partition coefficient (Wildman–Crippen LogP) is 4.62. The Kier molecular flexibility index (Phi) is 4.25. The Morgan fingerprint density at radius 2 is 2.08 bits per heavy atom. The molecule has 9 heteroatoms. The van der Waals surface area contributed by atoms with E-state index in [0.717, 1.165) is 20.7 Å². The maximum Gasteiger partial charge on any atom is 0.312 e. The monoisotopic (exact) mass is 364 g/mol. The van der Waals surface area contributed by atoms with Crippen LogP contribution in [-0.2, 0) is 0 Å². The highest BCUT2D eigenvalue weighted by Gasteiger charge is 2.18. The van der Waals surface area contributed by atoms with E-state index in [1.54, 1.807) is 6.07 Å². The second-order valence-corrected chi connectivity index (χ2v) is 6.61. The second kappa shape index (κ2) is 6.21. The van der Waals surface area contributed by atoms with Gasteiger partial charge in [0.25, 0.3) is 0 Å². The van der Waals surface area contributed by atoms with Crippen LogP contribution in [0.15, 0.2) is 18.2 Å². The zero-order valence-corrected chi connectivity index (χ0v) is 14.7. The number of benzene rings is 1. The lowest BCUT2D eigenvalue weighted by molar-refractivity contribution is -0.385. The first kappa shape index (κ1) is 16.4. The van der Waals surface area contributed by atoms with Crippen molar-refractivity contribution < 1.29 is 9.66 Å². The number of nitro groups is 1. The number of methoxy groups -OCH3 is 1. The number of rotatable bonds is 4. The number of nitrogens with zero attached hydrogens (tertiary/aromatic N) is 3. The van der Waals surface area contributed by atoms with Crippen molar-refractivity contribution in [1.29, 1.82) is 0 Å². The third-order valence-corrected chi connectivity index (χ3v) is 4.91. The number of anilines is 2. The molecule has 0 radical (unpaired) electrons. The molecule has 3 rings (SSSR count). The third kappa shape index (κ3) is 2.85. The lowest BCUT2D eigenvalue weighted by Gasteiger charge is -2.09. The lowest BCUT2D eigenvalue weighted by Crippen LogP contribution is -1.99. The molecule has 3 aromatic rings. The van der Waals surface area contributed by atoms with Crippen molar-refractivity contribution in [3.8, 4) is 5.75 Å². The highest BCUT2D eigenvalue weighted by atomic mass is 35.5. The minimum absolute atomic E-state index is 0.120. The Bertz CT molecular complexity index is 958. The molecular weight excluding hydrogens is 352 g/mol. The van der Waals surface area contributed by atoms with E-state index < -0.39 is 4.92 Å². The second-order valence-electron chi connectivity index (χ2n) is 5.07. The maximum absolute atomic E-state index is 11.2.